The Morgan fingerprint density at radius 2 is 2.10 bits per heavy atom. The lowest BCUT2D eigenvalue weighted by Crippen LogP contribution is -2.41. The number of aliphatic hydroxyl groups excluding tert-OH is 1. The summed E-state index contributed by atoms with van der Waals surface area (Å²) < 4.78 is 13.3. The van der Waals surface area contributed by atoms with E-state index in [1.807, 2.05) is 0 Å². The summed E-state index contributed by atoms with van der Waals surface area (Å²) in [6, 6.07) is 1.14. The molecule has 1 aromatic carbocycles. The molecule has 9 heteroatoms. The van der Waals surface area contributed by atoms with Crippen LogP contribution in [0.5, 0.6) is 0 Å². The largest absolute Gasteiger partial charge is 0.480 e. The molecule has 0 heterocycles. The van der Waals surface area contributed by atoms with Crippen molar-refractivity contribution in [2.24, 2.45) is 0 Å². The van der Waals surface area contributed by atoms with Crippen molar-refractivity contribution in [1.82, 2.24) is 5.32 Å². The number of amides is 1. The summed E-state index contributed by atoms with van der Waals surface area (Å²) >= 11 is 0. The van der Waals surface area contributed by atoms with Crippen molar-refractivity contribution < 1.29 is 29.1 Å². The van der Waals surface area contributed by atoms with Crippen molar-refractivity contribution in [3.63, 3.8) is 0 Å². The van der Waals surface area contributed by atoms with Crippen molar-refractivity contribution in [2.45, 2.75) is 12.5 Å². The number of hydrogen-bond acceptors (Lipinski definition) is 5. The van der Waals surface area contributed by atoms with E-state index in [0.29, 0.717) is 6.07 Å². The van der Waals surface area contributed by atoms with Crippen LogP contribution in [0.3, 0.4) is 0 Å². The maximum absolute atomic E-state index is 13.3. The van der Waals surface area contributed by atoms with Crippen LogP contribution in [0, 0.1) is 15.9 Å². The predicted octanol–water partition coefficient (Wildman–Crippen LogP) is 0.299. The molecule has 0 fully saturated rings. The number of carbonyl (C=O) groups excluding carboxylic acids is 1. The molecule has 0 aliphatic carbocycles. The molecule has 1 aromatic rings. The highest BCUT2D eigenvalue weighted by molar-refractivity contribution is 5.96. The number of halogens is 1. The summed E-state index contributed by atoms with van der Waals surface area (Å²) in [6.07, 6.45) is -0.212. The van der Waals surface area contributed by atoms with Crippen LogP contribution >= 0.6 is 0 Å². The first-order valence-corrected chi connectivity index (χ1v) is 5.45. The molecular weight excluding hydrogens is 275 g/mol. The molecule has 0 aliphatic rings. The summed E-state index contributed by atoms with van der Waals surface area (Å²) in [6.45, 7) is -0.453. The van der Waals surface area contributed by atoms with E-state index >= 15 is 0 Å². The van der Waals surface area contributed by atoms with Gasteiger partial charge in [0.15, 0.2) is 0 Å². The van der Waals surface area contributed by atoms with E-state index in [9.17, 15) is 24.1 Å². The lowest BCUT2D eigenvalue weighted by Gasteiger charge is -2.13. The second-order valence-electron chi connectivity index (χ2n) is 3.80. The van der Waals surface area contributed by atoms with E-state index in [2.05, 4.69) is 5.32 Å². The Morgan fingerprint density at radius 1 is 1.45 bits per heavy atom. The Hall–Kier alpha value is -2.55. The summed E-state index contributed by atoms with van der Waals surface area (Å²) in [5.74, 6) is -3.45. The van der Waals surface area contributed by atoms with Gasteiger partial charge in [0.1, 0.15) is 6.04 Å². The van der Waals surface area contributed by atoms with Crippen LogP contribution in [0.1, 0.15) is 16.8 Å². The number of nitro groups is 1. The highest BCUT2D eigenvalue weighted by Gasteiger charge is 2.22. The van der Waals surface area contributed by atoms with Crippen LogP contribution < -0.4 is 5.32 Å². The highest BCUT2D eigenvalue weighted by Crippen LogP contribution is 2.18. The zero-order valence-electron chi connectivity index (χ0n) is 10.1. The van der Waals surface area contributed by atoms with Crippen molar-refractivity contribution >= 4 is 17.6 Å². The van der Waals surface area contributed by atoms with Gasteiger partial charge in [0.2, 0.25) is 5.82 Å². The summed E-state index contributed by atoms with van der Waals surface area (Å²) in [4.78, 5) is 31.9. The van der Waals surface area contributed by atoms with Crippen molar-refractivity contribution in [3.05, 3.63) is 39.7 Å². The van der Waals surface area contributed by atoms with Crippen LogP contribution in [-0.2, 0) is 4.79 Å². The fourth-order valence-corrected chi connectivity index (χ4v) is 1.42. The smallest absolute Gasteiger partial charge is 0.326 e. The minimum atomic E-state index is -1.35. The lowest BCUT2D eigenvalue weighted by molar-refractivity contribution is -0.387. The van der Waals surface area contributed by atoms with Crippen LogP contribution in [-0.4, -0.2) is 39.7 Å². The molecular formula is C11H11FN2O6. The number of hydrogen-bond donors (Lipinski definition) is 3. The van der Waals surface area contributed by atoms with E-state index in [4.69, 9.17) is 10.2 Å². The normalized spacial score (nSPS) is 11.7. The average molecular weight is 286 g/mol. The Balaban J connectivity index is 2.90. The Bertz CT molecular complexity index is 548. The third-order valence-corrected chi connectivity index (χ3v) is 2.43. The number of carbonyl (C=O) groups is 2. The van der Waals surface area contributed by atoms with Gasteiger partial charge in [0.05, 0.1) is 4.92 Å². The number of carboxylic acids is 1. The molecule has 0 radical (unpaired) electrons. The first-order valence-electron chi connectivity index (χ1n) is 5.45. The molecule has 8 nitrogen and oxygen atoms in total. The molecule has 20 heavy (non-hydrogen) atoms. The molecule has 0 spiro atoms. The van der Waals surface area contributed by atoms with Gasteiger partial charge >= 0.3 is 11.7 Å². The topological polar surface area (TPSA) is 130 Å². The number of nitrogens with zero attached hydrogens (tertiary/aromatic N) is 1. The van der Waals surface area contributed by atoms with Gasteiger partial charge in [-0.25, -0.2) is 4.79 Å². The van der Waals surface area contributed by atoms with Gasteiger partial charge in [-0.1, -0.05) is 0 Å². The van der Waals surface area contributed by atoms with E-state index in [1.54, 1.807) is 0 Å². The Labute approximate surface area is 112 Å². The molecule has 1 rings (SSSR count). The minimum Gasteiger partial charge on any atom is -0.480 e. The highest BCUT2D eigenvalue weighted by atomic mass is 19.1. The summed E-state index contributed by atoms with van der Waals surface area (Å²) in [7, 11) is 0. The Morgan fingerprint density at radius 3 is 2.55 bits per heavy atom. The summed E-state index contributed by atoms with van der Waals surface area (Å²) in [5, 5.41) is 29.9. The number of rotatable bonds is 6. The first-order chi connectivity index (χ1) is 9.36. The van der Waals surface area contributed by atoms with Gasteiger partial charge in [-0.05, 0) is 12.1 Å². The average Bonchev–Trinajstić information content (AvgIpc) is 2.37. The van der Waals surface area contributed by atoms with E-state index in [-0.39, 0.29) is 12.0 Å². The summed E-state index contributed by atoms with van der Waals surface area (Å²) in [5.41, 5.74) is -1.04. The van der Waals surface area contributed by atoms with E-state index in [1.165, 1.54) is 0 Å². The van der Waals surface area contributed by atoms with Crippen molar-refractivity contribution in [2.75, 3.05) is 6.61 Å². The molecule has 1 unspecified atom stereocenters. The van der Waals surface area contributed by atoms with Gasteiger partial charge < -0.3 is 15.5 Å². The van der Waals surface area contributed by atoms with Crippen LogP contribution in [0.2, 0.25) is 0 Å². The lowest BCUT2D eigenvalue weighted by atomic mass is 10.1. The molecule has 0 saturated carbocycles. The first kappa shape index (κ1) is 15.5. The molecule has 0 aliphatic heterocycles. The molecule has 0 saturated heterocycles. The SMILES string of the molecule is O=C(NC(CCO)C(=O)O)c1ccc([N+](=O)[O-])c(F)c1. The van der Waals surface area contributed by atoms with E-state index in [0.717, 1.165) is 12.1 Å². The van der Waals surface area contributed by atoms with Gasteiger partial charge in [0.25, 0.3) is 5.91 Å². The molecule has 1 atom stereocenters. The minimum absolute atomic E-state index is 0.212. The molecule has 0 aromatic heterocycles. The molecule has 1 amide bonds. The number of aliphatic carboxylic acids is 1. The van der Waals surface area contributed by atoms with Crippen LogP contribution in [0.4, 0.5) is 10.1 Å². The van der Waals surface area contributed by atoms with Gasteiger partial charge in [0, 0.05) is 24.7 Å². The monoisotopic (exact) mass is 286 g/mol. The van der Waals surface area contributed by atoms with Gasteiger partial charge in [-0.2, -0.15) is 4.39 Å². The maximum Gasteiger partial charge on any atom is 0.326 e. The number of nitrogens with one attached hydrogen (secondary N) is 1. The van der Waals surface area contributed by atoms with Crippen molar-refractivity contribution in [3.8, 4) is 0 Å². The van der Waals surface area contributed by atoms with Crippen LogP contribution in [0.25, 0.3) is 0 Å². The molecule has 108 valence electrons. The second kappa shape index (κ2) is 6.57. The van der Waals surface area contributed by atoms with Crippen molar-refractivity contribution in [1.29, 1.82) is 0 Å². The number of benzene rings is 1. The quantitative estimate of drug-likeness (QED) is 0.509. The third-order valence-electron chi connectivity index (χ3n) is 2.43. The maximum atomic E-state index is 13.3. The molecule has 0 bridgehead atoms. The Kier molecular flexibility index (Phi) is 5.09. The zero-order valence-corrected chi connectivity index (χ0v) is 10.1. The predicted molar refractivity (Wildman–Crippen MR) is 63.6 cm³/mol. The fourth-order valence-electron chi connectivity index (χ4n) is 1.42. The van der Waals surface area contributed by atoms with Gasteiger partial charge in [-0.3, -0.25) is 14.9 Å². The third kappa shape index (κ3) is 3.72. The zero-order chi connectivity index (χ0) is 15.3. The van der Waals surface area contributed by atoms with E-state index < -0.39 is 41.0 Å². The number of aliphatic hydroxyl groups is 1. The number of carboxylic acid groups (broad SMARTS) is 1. The second-order valence-corrected chi connectivity index (χ2v) is 3.80. The van der Waals surface area contributed by atoms with Gasteiger partial charge in [-0.15, -0.1) is 0 Å². The number of nitro benzene ring substituents is 1. The fraction of sp³-hybridized carbons (Fsp3) is 0.273. The molecule has 3 N–H and O–H groups in total. The van der Waals surface area contributed by atoms with Crippen LogP contribution in [0.15, 0.2) is 18.2 Å². The standard InChI is InChI=1S/C11H11FN2O6/c12-7-5-6(1-2-9(7)14(19)20)10(16)13-8(3-4-15)11(17)18/h1-2,5,8,15H,3-4H2,(H,13,16)(H,17,18).